The van der Waals surface area contributed by atoms with Gasteiger partial charge in [-0.05, 0) is 40.5 Å². The van der Waals surface area contributed by atoms with E-state index in [1.54, 1.807) is 6.92 Å². The van der Waals surface area contributed by atoms with Crippen molar-refractivity contribution in [2.24, 2.45) is 0 Å². The van der Waals surface area contributed by atoms with Crippen LogP contribution < -0.4 is 5.32 Å². The van der Waals surface area contributed by atoms with E-state index < -0.39 is 15.4 Å². The van der Waals surface area contributed by atoms with Crippen LogP contribution in [0.3, 0.4) is 0 Å². The average molecular weight is 265 g/mol. The predicted molar refractivity (Wildman–Crippen MR) is 71.9 cm³/mol. The van der Waals surface area contributed by atoms with Crippen LogP contribution in [0.2, 0.25) is 0 Å². The van der Waals surface area contributed by atoms with Crippen molar-refractivity contribution in [2.45, 2.75) is 58.6 Å². The topological polar surface area (TPSA) is 66.4 Å². The molecule has 4 nitrogen and oxygen atoms in total. The van der Waals surface area contributed by atoms with Crippen LogP contribution in [0.25, 0.3) is 0 Å². The average Bonchev–Trinajstić information content (AvgIpc) is 2.12. The molecule has 0 saturated heterocycles. The highest BCUT2D eigenvalue weighted by Gasteiger charge is 2.25. The van der Waals surface area contributed by atoms with Crippen LogP contribution >= 0.6 is 0 Å². The van der Waals surface area contributed by atoms with Crippen molar-refractivity contribution in [1.29, 1.82) is 0 Å². The second-order valence-corrected chi connectivity index (χ2v) is 8.31. The molecule has 0 aromatic carbocycles. The molecule has 1 atom stereocenters. The van der Waals surface area contributed by atoms with E-state index in [9.17, 15) is 13.5 Å². The summed E-state index contributed by atoms with van der Waals surface area (Å²) in [6, 6.07) is 0. The Balaban J connectivity index is 4.18. The van der Waals surface area contributed by atoms with E-state index in [0.29, 0.717) is 13.0 Å². The third-order valence-electron chi connectivity index (χ3n) is 2.47. The van der Waals surface area contributed by atoms with Gasteiger partial charge in [0.05, 0.1) is 11.4 Å². The maximum absolute atomic E-state index is 11.5. The van der Waals surface area contributed by atoms with Gasteiger partial charge in [0.15, 0.2) is 0 Å². The minimum atomic E-state index is -3.01. The quantitative estimate of drug-likeness (QED) is 0.729. The SMILES string of the molecule is CCCS(=O)(=O)CCC(C)(O)CNC(C)(C)C. The lowest BCUT2D eigenvalue weighted by atomic mass is 10.0. The zero-order valence-corrected chi connectivity index (χ0v) is 12.5. The first-order chi connectivity index (χ1) is 7.47. The van der Waals surface area contributed by atoms with Gasteiger partial charge < -0.3 is 10.4 Å². The van der Waals surface area contributed by atoms with Gasteiger partial charge >= 0.3 is 0 Å². The highest BCUT2D eigenvalue weighted by atomic mass is 32.2. The van der Waals surface area contributed by atoms with Gasteiger partial charge in [-0.1, -0.05) is 6.92 Å². The Morgan fingerprint density at radius 2 is 1.65 bits per heavy atom. The molecule has 0 aliphatic heterocycles. The first kappa shape index (κ1) is 16.9. The van der Waals surface area contributed by atoms with Crippen LogP contribution in [-0.2, 0) is 9.84 Å². The van der Waals surface area contributed by atoms with Gasteiger partial charge in [-0.2, -0.15) is 0 Å². The van der Waals surface area contributed by atoms with Crippen molar-refractivity contribution >= 4 is 9.84 Å². The van der Waals surface area contributed by atoms with Gasteiger partial charge in [0.2, 0.25) is 0 Å². The molecule has 0 amide bonds. The molecule has 0 spiro atoms. The molecular weight excluding hydrogens is 238 g/mol. The molecule has 0 aromatic heterocycles. The zero-order valence-electron chi connectivity index (χ0n) is 11.7. The van der Waals surface area contributed by atoms with Gasteiger partial charge in [-0.3, -0.25) is 0 Å². The zero-order chi connectivity index (χ0) is 13.7. The third kappa shape index (κ3) is 9.56. The summed E-state index contributed by atoms with van der Waals surface area (Å²) in [5.74, 6) is 0.259. The Hall–Kier alpha value is -0.130. The standard InChI is InChI=1S/C12H27NO3S/c1-6-8-17(15,16)9-7-12(5,14)10-13-11(2,3)4/h13-14H,6-10H2,1-5H3. The van der Waals surface area contributed by atoms with Gasteiger partial charge in [-0.25, -0.2) is 8.42 Å². The summed E-state index contributed by atoms with van der Waals surface area (Å²) in [4.78, 5) is 0. The molecule has 5 heteroatoms. The smallest absolute Gasteiger partial charge is 0.150 e. The lowest BCUT2D eigenvalue weighted by Gasteiger charge is -2.29. The fourth-order valence-corrected chi connectivity index (χ4v) is 2.91. The second-order valence-electron chi connectivity index (χ2n) is 6.00. The van der Waals surface area contributed by atoms with E-state index in [-0.39, 0.29) is 23.5 Å². The second kappa shape index (κ2) is 6.16. The summed E-state index contributed by atoms with van der Waals surface area (Å²) < 4.78 is 23.1. The van der Waals surface area contributed by atoms with Crippen LogP contribution in [0.4, 0.5) is 0 Å². The van der Waals surface area contributed by atoms with Crippen molar-refractivity contribution in [3.8, 4) is 0 Å². The number of sulfone groups is 1. The molecule has 0 aliphatic carbocycles. The van der Waals surface area contributed by atoms with Crippen molar-refractivity contribution in [3.63, 3.8) is 0 Å². The molecule has 0 heterocycles. The first-order valence-electron chi connectivity index (χ1n) is 6.15. The molecule has 17 heavy (non-hydrogen) atoms. The lowest BCUT2D eigenvalue weighted by molar-refractivity contribution is 0.0501. The third-order valence-corrected chi connectivity index (χ3v) is 4.32. The van der Waals surface area contributed by atoms with Gasteiger partial charge in [-0.15, -0.1) is 0 Å². The summed E-state index contributed by atoms with van der Waals surface area (Å²) >= 11 is 0. The van der Waals surface area contributed by atoms with E-state index in [1.807, 2.05) is 27.7 Å². The van der Waals surface area contributed by atoms with Gasteiger partial charge in [0, 0.05) is 17.8 Å². The van der Waals surface area contributed by atoms with E-state index in [4.69, 9.17) is 0 Å². The molecule has 104 valence electrons. The summed E-state index contributed by atoms with van der Waals surface area (Å²) in [6.07, 6.45) is 0.906. The van der Waals surface area contributed by atoms with Crippen molar-refractivity contribution in [3.05, 3.63) is 0 Å². The van der Waals surface area contributed by atoms with Crippen molar-refractivity contribution in [1.82, 2.24) is 5.32 Å². The van der Waals surface area contributed by atoms with Crippen LogP contribution in [0, 0.1) is 0 Å². The molecule has 0 rings (SSSR count). The van der Waals surface area contributed by atoms with Crippen LogP contribution in [0.1, 0.15) is 47.5 Å². The van der Waals surface area contributed by atoms with Crippen LogP contribution in [-0.4, -0.2) is 42.7 Å². The molecule has 2 N–H and O–H groups in total. The van der Waals surface area contributed by atoms with Gasteiger partial charge in [0.1, 0.15) is 9.84 Å². The molecule has 0 bridgehead atoms. The Morgan fingerprint density at radius 1 is 1.12 bits per heavy atom. The highest BCUT2D eigenvalue weighted by Crippen LogP contribution is 2.12. The Kier molecular flexibility index (Phi) is 6.11. The molecule has 0 saturated carbocycles. The van der Waals surface area contributed by atoms with Gasteiger partial charge in [0.25, 0.3) is 0 Å². The monoisotopic (exact) mass is 265 g/mol. The molecule has 0 aromatic rings. The molecule has 0 radical (unpaired) electrons. The molecular formula is C12H27NO3S. The van der Waals surface area contributed by atoms with E-state index in [0.717, 1.165) is 0 Å². The molecule has 0 aliphatic rings. The van der Waals surface area contributed by atoms with E-state index in [1.165, 1.54) is 0 Å². The fraction of sp³-hybridized carbons (Fsp3) is 1.00. The number of hydrogen-bond acceptors (Lipinski definition) is 4. The lowest BCUT2D eigenvalue weighted by Crippen LogP contribution is -2.47. The summed E-state index contributed by atoms with van der Waals surface area (Å²) in [5.41, 5.74) is -1.06. The van der Waals surface area contributed by atoms with Crippen LogP contribution in [0.15, 0.2) is 0 Å². The Bertz CT molecular complexity index is 315. The number of aliphatic hydroxyl groups is 1. The minimum absolute atomic E-state index is 0.0552. The maximum atomic E-state index is 11.5. The Morgan fingerprint density at radius 3 is 2.06 bits per heavy atom. The largest absolute Gasteiger partial charge is 0.389 e. The predicted octanol–water partition coefficient (Wildman–Crippen LogP) is 1.34. The molecule has 0 fully saturated rings. The number of nitrogens with one attached hydrogen (secondary N) is 1. The van der Waals surface area contributed by atoms with Crippen molar-refractivity contribution in [2.75, 3.05) is 18.1 Å². The summed E-state index contributed by atoms with van der Waals surface area (Å²) in [7, 11) is -3.01. The maximum Gasteiger partial charge on any atom is 0.150 e. The number of hydrogen-bond donors (Lipinski definition) is 2. The summed E-state index contributed by atoms with van der Waals surface area (Å²) in [6.45, 7) is 9.95. The highest BCUT2D eigenvalue weighted by molar-refractivity contribution is 7.91. The van der Waals surface area contributed by atoms with E-state index in [2.05, 4.69) is 5.32 Å². The normalized spacial score (nSPS) is 16.8. The summed E-state index contributed by atoms with van der Waals surface area (Å²) in [5, 5.41) is 13.3. The number of rotatable bonds is 7. The molecule has 1 unspecified atom stereocenters. The fourth-order valence-electron chi connectivity index (χ4n) is 1.33. The van der Waals surface area contributed by atoms with Crippen molar-refractivity contribution < 1.29 is 13.5 Å². The number of β-amino-alcohol motifs (C(OH)–C–C–N with tert-alkyl or cyclic N) is 1. The first-order valence-corrected chi connectivity index (χ1v) is 7.97. The van der Waals surface area contributed by atoms with E-state index >= 15 is 0 Å². The Labute approximate surface area is 106 Å². The minimum Gasteiger partial charge on any atom is -0.389 e. The van der Waals surface area contributed by atoms with Crippen LogP contribution in [0.5, 0.6) is 0 Å².